The largest absolute Gasteiger partial charge is 0.390 e. The Morgan fingerprint density at radius 1 is 1.00 bits per heavy atom. The van der Waals surface area contributed by atoms with Crippen molar-refractivity contribution in [2.75, 3.05) is 20.1 Å². The molecule has 32 heavy (non-hydrogen) atoms. The van der Waals surface area contributed by atoms with Crippen LogP contribution in [0.5, 0.6) is 0 Å². The number of benzene rings is 3. The van der Waals surface area contributed by atoms with Gasteiger partial charge < -0.3 is 10.4 Å². The molecule has 0 fully saturated rings. The zero-order chi connectivity index (χ0) is 23.4. The van der Waals surface area contributed by atoms with Crippen molar-refractivity contribution in [2.45, 2.75) is 37.7 Å². The first-order valence-electron chi connectivity index (χ1n) is 10.6. The molecule has 0 aromatic heterocycles. The Hall–Kier alpha value is -1.77. The van der Waals surface area contributed by atoms with Crippen molar-refractivity contribution < 1.29 is 13.5 Å². The molecule has 0 amide bonds. The smallest absolute Gasteiger partial charge is 0.218 e. The van der Waals surface area contributed by atoms with Gasteiger partial charge in [-0.2, -0.15) is 0 Å². The molecule has 0 heterocycles. The van der Waals surface area contributed by atoms with Gasteiger partial charge in [-0.1, -0.05) is 70.5 Å². The van der Waals surface area contributed by atoms with Crippen LogP contribution in [-0.2, 0) is 22.2 Å². The molecule has 0 radical (unpaired) electrons. The van der Waals surface area contributed by atoms with Gasteiger partial charge in [-0.25, -0.2) is 12.7 Å². The number of β-amino-alcohol motifs (C(OH)–C–C–N with tert-alkyl or cyclic N) is 1. The molecule has 1 unspecified atom stereocenters. The van der Waals surface area contributed by atoms with Gasteiger partial charge in [0.05, 0.1) is 11.9 Å². The lowest BCUT2D eigenvalue weighted by molar-refractivity contribution is 0.139. The zero-order valence-electron chi connectivity index (χ0n) is 18.8. The number of nitrogens with one attached hydrogen (secondary N) is 1. The normalized spacial score (nSPS) is 13.6. The summed E-state index contributed by atoms with van der Waals surface area (Å²) >= 11 is 3.35. The van der Waals surface area contributed by atoms with Crippen molar-refractivity contribution in [1.82, 2.24) is 9.62 Å². The van der Waals surface area contributed by atoms with E-state index in [2.05, 4.69) is 65.4 Å². The van der Waals surface area contributed by atoms with Crippen LogP contribution in [0.2, 0.25) is 0 Å². The van der Waals surface area contributed by atoms with E-state index in [1.54, 1.807) is 12.1 Å². The number of aliphatic hydroxyl groups is 1. The van der Waals surface area contributed by atoms with E-state index in [-0.39, 0.29) is 17.8 Å². The molecule has 0 aliphatic carbocycles. The molecule has 0 saturated heterocycles. The average Bonchev–Trinajstić information content (AvgIpc) is 2.73. The van der Waals surface area contributed by atoms with Crippen LogP contribution in [0.4, 0.5) is 0 Å². The van der Waals surface area contributed by atoms with Crippen molar-refractivity contribution in [2.24, 2.45) is 0 Å². The van der Waals surface area contributed by atoms with Gasteiger partial charge >= 0.3 is 0 Å². The Balaban J connectivity index is 1.52. The minimum absolute atomic E-state index is 0.0396. The van der Waals surface area contributed by atoms with E-state index in [0.717, 1.165) is 10.9 Å². The second kappa shape index (κ2) is 10.4. The minimum Gasteiger partial charge on any atom is -0.390 e. The topological polar surface area (TPSA) is 69.6 Å². The summed E-state index contributed by atoms with van der Waals surface area (Å²) in [7, 11) is -2.00. The first-order chi connectivity index (χ1) is 15.0. The van der Waals surface area contributed by atoms with Crippen LogP contribution in [0.15, 0.2) is 71.2 Å². The summed E-state index contributed by atoms with van der Waals surface area (Å²) in [6.45, 7) is 4.52. The zero-order valence-corrected chi connectivity index (χ0v) is 21.2. The Morgan fingerprint density at radius 3 is 2.31 bits per heavy atom. The molecule has 3 aromatic carbocycles. The molecule has 0 saturated carbocycles. The molecular weight excluding hydrogens is 488 g/mol. The summed E-state index contributed by atoms with van der Waals surface area (Å²) in [5.74, 6) is -0.0929. The highest BCUT2D eigenvalue weighted by molar-refractivity contribution is 9.10. The lowest BCUT2D eigenvalue weighted by Gasteiger charge is -2.29. The van der Waals surface area contributed by atoms with E-state index >= 15 is 0 Å². The standard InChI is InChI=1S/C25H31BrN2O3S/c1-25(2,15-20-8-11-21-6-4-5-7-22(21)14-20)27-16-24(29)17-28(3)32(30,31)18-19-9-12-23(26)13-10-19/h4-14,24,27,29H,15-18H2,1-3H3. The number of rotatable bonds is 10. The van der Waals surface area contributed by atoms with E-state index in [0.29, 0.717) is 12.1 Å². The highest BCUT2D eigenvalue weighted by Crippen LogP contribution is 2.20. The average molecular weight is 520 g/mol. The third-order valence-corrected chi connectivity index (χ3v) is 7.81. The van der Waals surface area contributed by atoms with Crippen LogP contribution < -0.4 is 5.32 Å². The van der Waals surface area contributed by atoms with Crippen molar-refractivity contribution >= 4 is 36.7 Å². The predicted octanol–water partition coefficient (Wildman–Crippen LogP) is 4.34. The first kappa shape index (κ1) is 24.9. The fourth-order valence-corrected chi connectivity index (χ4v) is 5.19. The van der Waals surface area contributed by atoms with E-state index < -0.39 is 16.1 Å². The van der Waals surface area contributed by atoms with Gasteiger partial charge in [0.1, 0.15) is 0 Å². The number of fused-ring (bicyclic) bond motifs is 1. The minimum atomic E-state index is -3.51. The van der Waals surface area contributed by atoms with E-state index in [1.807, 2.05) is 24.3 Å². The third-order valence-electron chi connectivity index (χ3n) is 5.48. The van der Waals surface area contributed by atoms with Crippen LogP contribution in [0.3, 0.4) is 0 Å². The molecule has 5 nitrogen and oxygen atoms in total. The molecule has 0 aliphatic heterocycles. The van der Waals surface area contributed by atoms with Gasteiger partial charge in [0, 0.05) is 30.1 Å². The lowest BCUT2D eigenvalue weighted by Crippen LogP contribution is -2.47. The number of nitrogens with zero attached hydrogens (tertiary/aromatic N) is 1. The Morgan fingerprint density at radius 2 is 1.62 bits per heavy atom. The first-order valence-corrected chi connectivity index (χ1v) is 13.0. The van der Waals surface area contributed by atoms with E-state index in [1.165, 1.54) is 27.7 Å². The van der Waals surface area contributed by atoms with Crippen LogP contribution >= 0.6 is 15.9 Å². The molecular formula is C25H31BrN2O3S. The predicted molar refractivity (Wildman–Crippen MR) is 135 cm³/mol. The fraction of sp³-hybridized carbons (Fsp3) is 0.360. The number of aliphatic hydroxyl groups excluding tert-OH is 1. The third kappa shape index (κ3) is 7.12. The summed E-state index contributed by atoms with van der Waals surface area (Å²) in [6, 6.07) is 21.9. The quantitative estimate of drug-likeness (QED) is 0.418. The molecule has 0 spiro atoms. The number of sulfonamides is 1. The molecule has 0 aliphatic rings. The van der Waals surface area contributed by atoms with Crippen molar-refractivity contribution in [1.29, 1.82) is 0 Å². The Bertz CT molecular complexity index is 1150. The van der Waals surface area contributed by atoms with E-state index in [4.69, 9.17) is 0 Å². The van der Waals surface area contributed by atoms with Gasteiger partial charge in [-0.15, -0.1) is 0 Å². The maximum atomic E-state index is 12.7. The Kier molecular flexibility index (Phi) is 8.11. The van der Waals surface area contributed by atoms with Crippen LogP contribution in [0, 0.1) is 0 Å². The molecule has 172 valence electrons. The fourth-order valence-electron chi connectivity index (χ4n) is 3.69. The SMILES string of the molecule is CN(CC(O)CNC(C)(C)Cc1ccc2ccccc2c1)S(=O)(=O)Cc1ccc(Br)cc1. The summed E-state index contributed by atoms with van der Waals surface area (Å²) in [5, 5.41) is 16.3. The maximum absolute atomic E-state index is 12.7. The van der Waals surface area contributed by atoms with Crippen LogP contribution in [0.1, 0.15) is 25.0 Å². The number of hydrogen-bond donors (Lipinski definition) is 2. The Labute approximate surface area is 199 Å². The van der Waals surface area contributed by atoms with E-state index in [9.17, 15) is 13.5 Å². The maximum Gasteiger partial charge on any atom is 0.218 e. The molecule has 3 aromatic rings. The molecule has 1 atom stereocenters. The van der Waals surface area contributed by atoms with Crippen molar-refractivity contribution in [3.05, 3.63) is 82.3 Å². The number of likely N-dealkylation sites (N-methyl/N-ethyl adjacent to an activating group) is 1. The van der Waals surface area contributed by atoms with Crippen molar-refractivity contribution in [3.8, 4) is 0 Å². The summed E-state index contributed by atoms with van der Waals surface area (Å²) in [6.07, 6.45) is -0.0157. The van der Waals surface area contributed by atoms with Crippen LogP contribution in [-0.4, -0.2) is 49.6 Å². The van der Waals surface area contributed by atoms with Crippen molar-refractivity contribution in [3.63, 3.8) is 0 Å². The van der Waals surface area contributed by atoms with Crippen LogP contribution in [0.25, 0.3) is 10.8 Å². The lowest BCUT2D eigenvalue weighted by atomic mass is 9.93. The summed E-state index contributed by atoms with van der Waals surface area (Å²) in [4.78, 5) is 0. The van der Waals surface area contributed by atoms with Gasteiger partial charge in [0.15, 0.2) is 0 Å². The van der Waals surface area contributed by atoms with Gasteiger partial charge in [-0.3, -0.25) is 0 Å². The molecule has 7 heteroatoms. The number of halogens is 1. The number of hydrogen-bond acceptors (Lipinski definition) is 4. The summed E-state index contributed by atoms with van der Waals surface area (Å²) < 4.78 is 27.4. The second-order valence-electron chi connectivity index (χ2n) is 8.94. The highest BCUT2D eigenvalue weighted by Gasteiger charge is 2.24. The summed E-state index contributed by atoms with van der Waals surface area (Å²) in [5.41, 5.74) is 1.67. The van der Waals surface area contributed by atoms with Gasteiger partial charge in [0.2, 0.25) is 10.0 Å². The molecule has 3 rings (SSSR count). The van der Waals surface area contributed by atoms with Gasteiger partial charge in [-0.05, 0) is 54.3 Å². The monoisotopic (exact) mass is 518 g/mol. The molecule has 0 bridgehead atoms. The van der Waals surface area contributed by atoms with Gasteiger partial charge in [0.25, 0.3) is 0 Å². The highest BCUT2D eigenvalue weighted by atomic mass is 79.9. The molecule has 2 N–H and O–H groups in total. The second-order valence-corrected chi connectivity index (χ2v) is 11.9.